The highest BCUT2D eigenvalue weighted by molar-refractivity contribution is 7.92. The number of aromatic carboxylic acids is 1. The Hall–Kier alpha value is -3.56. The predicted octanol–water partition coefficient (Wildman–Crippen LogP) is 4.93. The van der Waals surface area contributed by atoms with Gasteiger partial charge in [-0.05, 0) is 79.1 Å². The maximum atomic E-state index is 13.1. The number of ether oxygens (including phenoxy) is 1. The van der Waals surface area contributed by atoms with Crippen molar-refractivity contribution in [2.75, 3.05) is 16.2 Å². The molecular weight excluding hydrogens is 480 g/mol. The number of anilines is 2. The minimum Gasteiger partial charge on any atom is -0.478 e. The van der Waals surface area contributed by atoms with Gasteiger partial charge in [-0.2, -0.15) is 0 Å². The van der Waals surface area contributed by atoms with E-state index in [-0.39, 0.29) is 27.8 Å². The van der Waals surface area contributed by atoms with Gasteiger partial charge in [0.15, 0.2) is 0 Å². The molecule has 1 aliphatic heterocycles. The van der Waals surface area contributed by atoms with E-state index in [0.29, 0.717) is 29.4 Å². The second kappa shape index (κ2) is 9.36. The van der Waals surface area contributed by atoms with Gasteiger partial charge >= 0.3 is 5.97 Å². The van der Waals surface area contributed by atoms with Crippen molar-refractivity contribution in [1.29, 1.82) is 0 Å². The average Bonchev–Trinajstić information content (AvgIpc) is 2.80. The van der Waals surface area contributed by atoms with Crippen LogP contribution in [-0.2, 0) is 21.2 Å². The van der Waals surface area contributed by atoms with Crippen molar-refractivity contribution >= 4 is 44.9 Å². The summed E-state index contributed by atoms with van der Waals surface area (Å²) in [4.78, 5) is 25.3. The molecule has 1 amide bonds. The SMILES string of the molecule is CC(=O)N1CCCc2cc(S(=O)(=O)Nc3ccc(Oc4ccc(Cl)cc4)cc3C(=O)O)ccc21. The molecule has 0 spiro atoms. The van der Waals surface area contributed by atoms with Gasteiger partial charge in [0.05, 0.1) is 16.1 Å². The largest absolute Gasteiger partial charge is 0.478 e. The third-order valence-electron chi connectivity index (χ3n) is 5.38. The van der Waals surface area contributed by atoms with Gasteiger partial charge < -0.3 is 14.7 Å². The van der Waals surface area contributed by atoms with Crippen LogP contribution in [0.5, 0.6) is 11.5 Å². The zero-order valence-electron chi connectivity index (χ0n) is 18.1. The van der Waals surface area contributed by atoms with Gasteiger partial charge in [-0.1, -0.05) is 11.6 Å². The van der Waals surface area contributed by atoms with Crippen LogP contribution in [0.25, 0.3) is 0 Å². The molecule has 1 heterocycles. The predicted molar refractivity (Wildman–Crippen MR) is 129 cm³/mol. The van der Waals surface area contributed by atoms with Crippen LogP contribution < -0.4 is 14.4 Å². The molecule has 4 rings (SSSR count). The summed E-state index contributed by atoms with van der Waals surface area (Å²) in [5.74, 6) is -0.757. The molecule has 2 N–H and O–H groups in total. The van der Waals surface area contributed by atoms with Crippen molar-refractivity contribution in [3.63, 3.8) is 0 Å². The van der Waals surface area contributed by atoms with E-state index in [1.807, 2.05) is 0 Å². The summed E-state index contributed by atoms with van der Waals surface area (Å²) >= 11 is 5.86. The third kappa shape index (κ3) is 5.00. The maximum Gasteiger partial charge on any atom is 0.337 e. The quantitative estimate of drug-likeness (QED) is 0.496. The minimum atomic E-state index is -4.09. The van der Waals surface area contributed by atoms with E-state index >= 15 is 0 Å². The number of carbonyl (C=O) groups is 2. The van der Waals surface area contributed by atoms with E-state index in [1.165, 1.54) is 37.3 Å². The summed E-state index contributed by atoms with van der Waals surface area (Å²) in [6.07, 6.45) is 1.36. The summed E-state index contributed by atoms with van der Waals surface area (Å²) in [6.45, 7) is 2.05. The van der Waals surface area contributed by atoms with E-state index in [2.05, 4.69) is 4.72 Å². The number of fused-ring (bicyclic) bond motifs is 1. The molecule has 1 aliphatic rings. The highest BCUT2D eigenvalue weighted by Gasteiger charge is 2.24. The molecule has 3 aromatic rings. The molecule has 0 radical (unpaired) electrons. The van der Waals surface area contributed by atoms with Gasteiger partial charge in [-0.15, -0.1) is 0 Å². The fourth-order valence-corrected chi connectivity index (χ4v) is 5.02. The highest BCUT2D eigenvalue weighted by atomic mass is 35.5. The smallest absolute Gasteiger partial charge is 0.337 e. The average molecular weight is 501 g/mol. The first kappa shape index (κ1) is 23.6. The second-order valence-electron chi connectivity index (χ2n) is 7.74. The Balaban J connectivity index is 1.61. The van der Waals surface area contributed by atoms with E-state index in [0.717, 1.165) is 12.0 Å². The second-order valence-corrected chi connectivity index (χ2v) is 9.86. The van der Waals surface area contributed by atoms with Crippen LogP contribution >= 0.6 is 11.6 Å². The van der Waals surface area contributed by atoms with Crippen LogP contribution in [0.4, 0.5) is 11.4 Å². The summed E-state index contributed by atoms with van der Waals surface area (Å²) in [7, 11) is -4.09. The van der Waals surface area contributed by atoms with Crippen LogP contribution in [0, 0.1) is 0 Å². The van der Waals surface area contributed by atoms with Gasteiger partial charge in [-0.3, -0.25) is 9.52 Å². The van der Waals surface area contributed by atoms with Gasteiger partial charge in [0.1, 0.15) is 11.5 Å². The van der Waals surface area contributed by atoms with Crippen molar-refractivity contribution in [2.24, 2.45) is 0 Å². The lowest BCUT2D eigenvalue weighted by Gasteiger charge is -2.28. The lowest BCUT2D eigenvalue weighted by Crippen LogP contribution is -2.33. The highest BCUT2D eigenvalue weighted by Crippen LogP contribution is 2.32. The van der Waals surface area contributed by atoms with Gasteiger partial charge in [0, 0.05) is 24.2 Å². The Morgan fingerprint density at radius 3 is 2.41 bits per heavy atom. The van der Waals surface area contributed by atoms with Crippen LogP contribution in [0.3, 0.4) is 0 Å². The summed E-state index contributed by atoms with van der Waals surface area (Å²) in [5, 5.41) is 10.2. The number of hydrogen-bond donors (Lipinski definition) is 2. The third-order valence-corrected chi connectivity index (χ3v) is 6.99. The zero-order chi connectivity index (χ0) is 24.5. The minimum absolute atomic E-state index is 0.0190. The summed E-state index contributed by atoms with van der Waals surface area (Å²) in [5.41, 5.74) is 1.07. The van der Waals surface area contributed by atoms with Gasteiger partial charge in [0.2, 0.25) is 5.91 Å². The molecule has 34 heavy (non-hydrogen) atoms. The topological polar surface area (TPSA) is 113 Å². The summed E-state index contributed by atoms with van der Waals surface area (Å²) < 4.78 is 34.1. The number of halogens is 1. The number of sulfonamides is 1. The fraction of sp³-hybridized carbons (Fsp3) is 0.167. The number of benzene rings is 3. The number of carbonyl (C=O) groups excluding carboxylic acids is 1. The molecule has 10 heteroatoms. The van der Waals surface area contributed by atoms with Crippen molar-refractivity contribution in [2.45, 2.75) is 24.7 Å². The normalized spacial score (nSPS) is 13.2. The van der Waals surface area contributed by atoms with Crippen LogP contribution in [0.1, 0.15) is 29.3 Å². The van der Waals surface area contributed by atoms with Crippen molar-refractivity contribution < 1.29 is 27.9 Å². The molecule has 0 saturated carbocycles. The number of amides is 1. The first-order valence-corrected chi connectivity index (χ1v) is 12.2. The first-order chi connectivity index (χ1) is 16.1. The molecule has 176 valence electrons. The first-order valence-electron chi connectivity index (χ1n) is 10.4. The lowest BCUT2D eigenvalue weighted by molar-refractivity contribution is -0.116. The number of carboxylic acids is 1. The Kier molecular flexibility index (Phi) is 6.49. The molecule has 0 bridgehead atoms. The number of carboxylic acid groups (broad SMARTS) is 1. The number of aryl methyl sites for hydroxylation is 1. The Morgan fingerprint density at radius 1 is 1.03 bits per heavy atom. The van der Waals surface area contributed by atoms with Crippen LogP contribution in [0.2, 0.25) is 5.02 Å². The number of hydrogen-bond acceptors (Lipinski definition) is 5. The lowest BCUT2D eigenvalue weighted by atomic mass is 10.0. The fourth-order valence-electron chi connectivity index (χ4n) is 3.76. The number of rotatable bonds is 6. The molecule has 8 nitrogen and oxygen atoms in total. The molecule has 0 aromatic heterocycles. The molecule has 0 aliphatic carbocycles. The molecule has 0 fully saturated rings. The Morgan fingerprint density at radius 2 is 1.74 bits per heavy atom. The molecule has 0 atom stereocenters. The number of nitrogens with one attached hydrogen (secondary N) is 1. The van der Waals surface area contributed by atoms with Crippen LogP contribution in [-0.4, -0.2) is 31.9 Å². The van der Waals surface area contributed by atoms with Crippen molar-refractivity contribution in [3.05, 3.63) is 76.8 Å². The van der Waals surface area contributed by atoms with E-state index < -0.39 is 16.0 Å². The van der Waals surface area contributed by atoms with Crippen molar-refractivity contribution in [1.82, 2.24) is 0 Å². The molecule has 3 aromatic carbocycles. The standard InChI is InChI=1S/C24H21ClN2O6S/c1-15(28)27-12-2-3-16-13-20(9-11-23(16)27)34(31,32)26-22-10-8-19(14-21(22)24(29)30)33-18-6-4-17(25)5-7-18/h4-11,13-14,26H,2-3,12H2,1H3,(H,29,30). The van der Waals surface area contributed by atoms with E-state index in [1.54, 1.807) is 35.2 Å². The zero-order valence-corrected chi connectivity index (χ0v) is 19.7. The summed E-state index contributed by atoms with van der Waals surface area (Å²) in [6, 6.07) is 15.1. The Bertz CT molecular complexity index is 1370. The monoisotopic (exact) mass is 500 g/mol. The van der Waals surface area contributed by atoms with Gasteiger partial charge in [-0.25, -0.2) is 13.2 Å². The Labute approximate surface area is 201 Å². The van der Waals surface area contributed by atoms with Crippen LogP contribution in [0.15, 0.2) is 65.6 Å². The van der Waals surface area contributed by atoms with Crippen molar-refractivity contribution in [3.8, 4) is 11.5 Å². The molecular formula is C24H21ClN2O6S. The van der Waals surface area contributed by atoms with Gasteiger partial charge in [0.25, 0.3) is 10.0 Å². The molecule has 0 saturated heterocycles. The van der Waals surface area contributed by atoms with E-state index in [9.17, 15) is 23.1 Å². The maximum absolute atomic E-state index is 13.1. The molecule has 0 unspecified atom stereocenters. The van der Waals surface area contributed by atoms with E-state index in [4.69, 9.17) is 16.3 Å². The number of nitrogens with zero attached hydrogens (tertiary/aromatic N) is 1.